The third kappa shape index (κ3) is 3.04. The highest BCUT2D eigenvalue weighted by Gasteiger charge is 2.43. The van der Waals surface area contributed by atoms with E-state index in [2.05, 4.69) is 157 Å². The topological polar surface area (TPSA) is 9.86 Å². The number of fused-ring (bicyclic) bond motifs is 14. The highest BCUT2D eigenvalue weighted by molar-refractivity contribution is 7.02. The molecule has 0 bridgehead atoms. The molecule has 0 unspecified atom stereocenters. The van der Waals surface area contributed by atoms with E-state index in [-0.39, 0.29) is 13.4 Å². The van der Waals surface area contributed by atoms with Gasteiger partial charge in [-0.2, -0.15) is 0 Å². The highest BCUT2D eigenvalue weighted by Crippen LogP contribution is 2.39. The van der Waals surface area contributed by atoms with Crippen LogP contribution in [0, 0.1) is 20.8 Å². The van der Waals surface area contributed by atoms with Gasteiger partial charge in [-0.25, -0.2) is 0 Å². The molecule has 0 spiro atoms. The average molecular weight is 620 g/mol. The molecule has 49 heavy (non-hydrogen) atoms. The third-order valence-electron chi connectivity index (χ3n) is 12.1. The zero-order valence-corrected chi connectivity index (χ0v) is 27.7. The zero-order chi connectivity index (χ0) is 32.3. The number of para-hydroxylation sites is 3. The molecule has 0 radical (unpaired) electrons. The Morgan fingerprint density at radius 2 is 0.959 bits per heavy atom. The molecule has 0 saturated heterocycles. The molecule has 3 aliphatic rings. The fourth-order valence-electron chi connectivity index (χ4n) is 10.4. The molecule has 2 aromatic heterocycles. The van der Waals surface area contributed by atoms with Crippen LogP contribution in [-0.2, 0) is 0 Å². The summed E-state index contributed by atoms with van der Waals surface area (Å²) >= 11 is 0. The van der Waals surface area contributed by atoms with Crippen molar-refractivity contribution in [1.29, 1.82) is 0 Å². The summed E-state index contributed by atoms with van der Waals surface area (Å²) in [6, 6.07) is 48.8. The maximum Gasteiger partial charge on any atom is 0.248 e. The minimum Gasteiger partial charge on any atom is -0.310 e. The molecule has 4 heteroatoms. The van der Waals surface area contributed by atoms with Gasteiger partial charge in [0, 0.05) is 44.0 Å². The molecule has 0 N–H and O–H groups in total. The van der Waals surface area contributed by atoms with Crippen molar-refractivity contribution in [2.24, 2.45) is 0 Å². The Morgan fingerprint density at radius 3 is 1.67 bits per heavy atom. The first kappa shape index (κ1) is 26.3. The molecule has 0 saturated carbocycles. The quantitative estimate of drug-likeness (QED) is 0.187. The number of benzene rings is 7. The second-order valence-electron chi connectivity index (χ2n) is 14.6. The molecule has 3 aliphatic heterocycles. The highest BCUT2D eigenvalue weighted by atomic mass is 15.0. The van der Waals surface area contributed by atoms with Crippen LogP contribution in [0.25, 0.3) is 66.1 Å². The van der Waals surface area contributed by atoms with Crippen molar-refractivity contribution < 1.29 is 0 Å². The first-order valence-electron chi connectivity index (χ1n) is 17.5. The van der Waals surface area contributed by atoms with E-state index >= 15 is 0 Å². The molecule has 9 aromatic rings. The molecule has 0 aliphatic carbocycles. The molecule has 226 valence electrons. The average Bonchev–Trinajstić information content (AvgIpc) is 3.76. The van der Waals surface area contributed by atoms with Crippen molar-refractivity contribution in [1.82, 2.24) is 9.13 Å². The normalized spacial score (nSPS) is 13.5. The monoisotopic (exact) mass is 620 g/mol. The maximum absolute atomic E-state index is 2.61. The maximum atomic E-state index is 2.61. The van der Waals surface area contributed by atoms with E-state index in [4.69, 9.17) is 0 Å². The third-order valence-corrected chi connectivity index (χ3v) is 12.1. The summed E-state index contributed by atoms with van der Waals surface area (Å²) in [7, 11) is 0. The molecule has 12 rings (SSSR count). The minimum atomic E-state index is 0.113. The first-order valence-corrected chi connectivity index (χ1v) is 17.5. The number of aromatic nitrogens is 2. The Labute approximate surface area is 285 Å². The second kappa shape index (κ2) is 8.84. The van der Waals surface area contributed by atoms with Crippen LogP contribution in [0.1, 0.15) is 16.7 Å². The standard InChI is InChI=1S/C45H30B2N2/c1-25-21-26(2)42(27(3)22-25)47-35-16-10-14-32-29-12-5-8-17-38(29)48(44(32)35)40-23-36-41(24-37(40)47)49-39-18-9-6-13-30(39)33-20-19-31-28-11-4-7-15-34(28)46(36)43(31)45(33)49/h4-24H,1-3H3. The summed E-state index contributed by atoms with van der Waals surface area (Å²) in [4.78, 5) is 0. The smallest absolute Gasteiger partial charge is 0.248 e. The van der Waals surface area contributed by atoms with Gasteiger partial charge in [0.25, 0.3) is 0 Å². The molecule has 0 atom stereocenters. The molecule has 0 fully saturated rings. The van der Waals surface area contributed by atoms with Gasteiger partial charge < -0.3 is 9.13 Å². The molecule has 7 aromatic carbocycles. The van der Waals surface area contributed by atoms with Gasteiger partial charge in [0.2, 0.25) is 13.4 Å². The van der Waals surface area contributed by atoms with Gasteiger partial charge in [-0.15, -0.1) is 0 Å². The van der Waals surface area contributed by atoms with E-state index < -0.39 is 0 Å². The van der Waals surface area contributed by atoms with Gasteiger partial charge in [0.05, 0.1) is 11.0 Å². The van der Waals surface area contributed by atoms with Gasteiger partial charge in [0.15, 0.2) is 0 Å². The molecular formula is C45H30B2N2. The van der Waals surface area contributed by atoms with E-state index in [1.54, 1.807) is 0 Å². The Bertz CT molecular complexity index is 2970. The van der Waals surface area contributed by atoms with Crippen molar-refractivity contribution in [2.75, 3.05) is 0 Å². The summed E-state index contributed by atoms with van der Waals surface area (Å²) in [6.07, 6.45) is 0. The van der Waals surface area contributed by atoms with E-state index in [1.807, 2.05) is 0 Å². The van der Waals surface area contributed by atoms with Crippen LogP contribution < -0.4 is 32.8 Å². The first-order chi connectivity index (χ1) is 24.1. The Morgan fingerprint density at radius 1 is 0.408 bits per heavy atom. The van der Waals surface area contributed by atoms with Crippen LogP contribution in [0.4, 0.5) is 0 Å². The summed E-state index contributed by atoms with van der Waals surface area (Å²) in [5.41, 5.74) is 23.2. The fraction of sp³-hybridized carbons (Fsp3) is 0.0667. The molecular weight excluding hydrogens is 590 g/mol. The lowest BCUT2D eigenvalue weighted by Gasteiger charge is -2.33. The van der Waals surface area contributed by atoms with Crippen LogP contribution in [0.2, 0.25) is 0 Å². The van der Waals surface area contributed by atoms with E-state index in [0.717, 1.165) is 0 Å². The van der Waals surface area contributed by atoms with E-state index in [9.17, 15) is 0 Å². The lowest BCUT2D eigenvalue weighted by atomic mass is 9.33. The lowest BCUT2D eigenvalue weighted by Crippen LogP contribution is -2.59. The van der Waals surface area contributed by atoms with Crippen LogP contribution >= 0.6 is 0 Å². The summed E-state index contributed by atoms with van der Waals surface area (Å²) < 4.78 is 5.20. The van der Waals surface area contributed by atoms with Crippen molar-refractivity contribution in [3.63, 3.8) is 0 Å². The summed E-state index contributed by atoms with van der Waals surface area (Å²) in [5.74, 6) is 0. The molecule has 5 heterocycles. The number of hydrogen-bond donors (Lipinski definition) is 0. The van der Waals surface area contributed by atoms with E-state index in [0.29, 0.717) is 0 Å². The van der Waals surface area contributed by atoms with Crippen LogP contribution in [0.3, 0.4) is 0 Å². The van der Waals surface area contributed by atoms with Gasteiger partial charge in [-0.05, 0) is 78.0 Å². The second-order valence-corrected chi connectivity index (χ2v) is 14.6. The SMILES string of the molecule is Cc1cc(C)c(B2c3cc4c(cc3-n3c5ccccc5c5cccc2c53)B2c3ccccc3-c3ccc5c6ccccc6n-4c5c32)c(C)c1. The van der Waals surface area contributed by atoms with Crippen molar-refractivity contribution in [3.05, 3.63) is 144 Å². The van der Waals surface area contributed by atoms with Crippen LogP contribution in [0.5, 0.6) is 0 Å². The number of hydrogen-bond acceptors (Lipinski definition) is 0. The number of nitrogens with zero attached hydrogens (tertiary/aromatic N) is 2. The van der Waals surface area contributed by atoms with Crippen molar-refractivity contribution >= 4 is 89.8 Å². The number of aryl methyl sites for hydroxylation is 3. The predicted molar refractivity (Wildman–Crippen MR) is 211 cm³/mol. The number of rotatable bonds is 1. The largest absolute Gasteiger partial charge is 0.310 e. The van der Waals surface area contributed by atoms with Crippen molar-refractivity contribution in [3.8, 4) is 22.5 Å². The van der Waals surface area contributed by atoms with Gasteiger partial charge in [0.1, 0.15) is 0 Å². The Hall–Kier alpha value is -5.73. The summed E-state index contributed by atoms with van der Waals surface area (Å²) in [5, 5.41) is 5.32. The lowest BCUT2D eigenvalue weighted by molar-refractivity contribution is 1.16. The predicted octanol–water partition coefficient (Wildman–Crippen LogP) is 6.45. The Kier molecular flexibility index (Phi) is 4.73. The van der Waals surface area contributed by atoms with Crippen molar-refractivity contribution in [2.45, 2.75) is 20.8 Å². The minimum absolute atomic E-state index is 0.113. The Balaban J connectivity index is 1.30. The van der Waals surface area contributed by atoms with Gasteiger partial charge >= 0.3 is 0 Å². The summed E-state index contributed by atoms with van der Waals surface area (Å²) in [6.45, 7) is 7.15. The van der Waals surface area contributed by atoms with Crippen LogP contribution in [-0.4, -0.2) is 22.6 Å². The van der Waals surface area contributed by atoms with Crippen LogP contribution in [0.15, 0.2) is 127 Å². The van der Waals surface area contributed by atoms with Gasteiger partial charge in [-0.1, -0.05) is 131 Å². The molecule has 0 amide bonds. The zero-order valence-electron chi connectivity index (χ0n) is 27.7. The van der Waals surface area contributed by atoms with E-state index in [1.165, 1.54) is 116 Å². The van der Waals surface area contributed by atoms with Gasteiger partial charge in [-0.3, -0.25) is 0 Å². The fourth-order valence-corrected chi connectivity index (χ4v) is 10.4. The molecule has 2 nitrogen and oxygen atoms in total.